The molecule has 7 nitrogen and oxygen atoms in total. The number of non-ortho nitro benzene ring substituents is 1. The molecule has 0 bridgehead atoms. The Balaban J connectivity index is 1.82. The minimum Gasteiger partial charge on any atom is -0.457 e. The second-order valence-corrected chi connectivity index (χ2v) is 7.94. The number of nitrogens with zero attached hydrogens (tertiary/aromatic N) is 2. The van der Waals surface area contributed by atoms with Gasteiger partial charge in [0, 0.05) is 32.7 Å². The maximum absolute atomic E-state index is 12.6. The van der Waals surface area contributed by atoms with Gasteiger partial charge in [0.1, 0.15) is 23.2 Å². The number of carbonyl (C=O) groups is 1. The number of anilines is 1. The van der Waals surface area contributed by atoms with Gasteiger partial charge in [0.25, 0.3) is 11.6 Å². The van der Waals surface area contributed by atoms with Gasteiger partial charge in [0.05, 0.1) is 10.6 Å². The summed E-state index contributed by atoms with van der Waals surface area (Å²) < 4.78 is 7.03. The summed E-state index contributed by atoms with van der Waals surface area (Å²) in [6, 6.07) is 14.7. The zero-order valence-corrected chi connectivity index (χ0v) is 18.7. The Hall–Kier alpha value is -3.22. The fraction of sp³-hybridized carbons (Fsp3) is 0.0476. The molecule has 0 unspecified atom stereocenters. The van der Waals surface area contributed by atoms with Crippen LogP contribution in [0.5, 0.6) is 0 Å². The number of amides is 1. The smallest absolute Gasteiger partial charge is 0.269 e. The molecule has 0 radical (unpaired) electrons. The first-order valence-corrected chi connectivity index (χ1v) is 10.1. The van der Waals surface area contributed by atoms with E-state index < -0.39 is 10.8 Å². The number of aryl methyl sites for hydroxylation is 1. The van der Waals surface area contributed by atoms with E-state index in [1.165, 1.54) is 18.2 Å². The van der Waals surface area contributed by atoms with Crippen LogP contribution >= 0.6 is 31.9 Å². The van der Waals surface area contributed by atoms with Gasteiger partial charge in [-0.2, -0.15) is 5.26 Å². The normalized spacial score (nSPS) is 11.1. The third kappa shape index (κ3) is 4.84. The zero-order chi connectivity index (χ0) is 21.8. The molecular formula is C21H13Br2N3O4. The molecular weight excluding hydrogens is 518 g/mol. The van der Waals surface area contributed by atoms with Gasteiger partial charge < -0.3 is 9.73 Å². The van der Waals surface area contributed by atoms with Crippen molar-refractivity contribution in [3.05, 3.63) is 84.5 Å². The minimum atomic E-state index is -0.587. The van der Waals surface area contributed by atoms with E-state index >= 15 is 0 Å². The highest BCUT2D eigenvalue weighted by molar-refractivity contribution is 9.11. The van der Waals surface area contributed by atoms with Crippen LogP contribution in [0.15, 0.2) is 67.5 Å². The highest BCUT2D eigenvalue weighted by Crippen LogP contribution is 2.33. The van der Waals surface area contributed by atoms with Crippen molar-refractivity contribution in [3.8, 4) is 17.4 Å². The summed E-state index contributed by atoms with van der Waals surface area (Å²) >= 11 is 6.80. The number of nitro groups is 1. The van der Waals surface area contributed by atoms with Gasteiger partial charge in [-0.3, -0.25) is 14.9 Å². The van der Waals surface area contributed by atoms with E-state index in [1.54, 1.807) is 24.3 Å². The van der Waals surface area contributed by atoms with Gasteiger partial charge >= 0.3 is 0 Å². The lowest BCUT2D eigenvalue weighted by atomic mass is 10.1. The molecule has 0 aliphatic rings. The van der Waals surface area contributed by atoms with Gasteiger partial charge in [0.2, 0.25) is 0 Å². The van der Waals surface area contributed by atoms with E-state index in [2.05, 4.69) is 37.2 Å². The molecule has 0 fully saturated rings. The Kier molecular flexibility index (Phi) is 6.50. The van der Waals surface area contributed by atoms with Crippen LogP contribution in [0.25, 0.3) is 17.4 Å². The Labute approximate surface area is 188 Å². The van der Waals surface area contributed by atoms with Gasteiger partial charge in [-0.1, -0.05) is 0 Å². The first-order valence-electron chi connectivity index (χ1n) is 8.52. The molecule has 0 spiro atoms. The van der Waals surface area contributed by atoms with Crippen molar-refractivity contribution in [2.75, 3.05) is 5.32 Å². The number of furan rings is 1. The van der Waals surface area contributed by atoms with Crippen molar-refractivity contribution in [1.82, 2.24) is 0 Å². The van der Waals surface area contributed by atoms with Crippen LogP contribution in [-0.4, -0.2) is 10.8 Å². The molecule has 3 aromatic rings. The number of hydrogen-bond donors (Lipinski definition) is 1. The van der Waals surface area contributed by atoms with Crippen molar-refractivity contribution in [2.24, 2.45) is 0 Å². The molecule has 9 heteroatoms. The average molecular weight is 531 g/mol. The van der Waals surface area contributed by atoms with Crippen molar-refractivity contribution in [1.29, 1.82) is 5.26 Å². The molecule has 30 heavy (non-hydrogen) atoms. The summed E-state index contributed by atoms with van der Waals surface area (Å²) in [5.41, 5.74) is 1.98. The van der Waals surface area contributed by atoms with Crippen LogP contribution in [0.1, 0.15) is 11.3 Å². The molecule has 1 amide bonds. The lowest BCUT2D eigenvalue weighted by Gasteiger charge is -2.10. The molecule has 0 saturated carbocycles. The largest absolute Gasteiger partial charge is 0.457 e. The van der Waals surface area contributed by atoms with Crippen LogP contribution in [0, 0.1) is 28.4 Å². The molecule has 0 saturated heterocycles. The van der Waals surface area contributed by atoms with E-state index in [4.69, 9.17) is 4.42 Å². The van der Waals surface area contributed by atoms with Gasteiger partial charge in [-0.25, -0.2) is 0 Å². The van der Waals surface area contributed by atoms with Crippen molar-refractivity contribution in [3.63, 3.8) is 0 Å². The van der Waals surface area contributed by atoms with E-state index in [1.807, 2.05) is 25.1 Å². The summed E-state index contributed by atoms with van der Waals surface area (Å²) in [5, 5.41) is 22.9. The third-order valence-corrected chi connectivity index (χ3v) is 5.32. The fourth-order valence-corrected chi connectivity index (χ4v) is 4.24. The topological polar surface area (TPSA) is 109 Å². The molecule has 0 atom stereocenters. The lowest BCUT2D eigenvalue weighted by Crippen LogP contribution is -2.14. The highest BCUT2D eigenvalue weighted by Gasteiger charge is 2.15. The molecule has 150 valence electrons. The quantitative estimate of drug-likeness (QED) is 0.182. The van der Waals surface area contributed by atoms with E-state index in [-0.39, 0.29) is 11.3 Å². The van der Waals surface area contributed by atoms with Crippen molar-refractivity contribution >= 4 is 55.2 Å². The summed E-state index contributed by atoms with van der Waals surface area (Å²) in [5.74, 6) is 0.172. The monoisotopic (exact) mass is 529 g/mol. The number of nitro benzene ring substituents is 1. The molecule has 3 rings (SSSR count). The second kappa shape index (κ2) is 9.07. The number of carbonyl (C=O) groups excluding carboxylic acids is 1. The average Bonchev–Trinajstić information content (AvgIpc) is 3.17. The first-order chi connectivity index (χ1) is 14.3. The predicted octanol–water partition coefficient (Wildman–Crippen LogP) is 6.23. The molecule has 1 N–H and O–H groups in total. The van der Waals surface area contributed by atoms with Gasteiger partial charge in [0.15, 0.2) is 0 Å². The SMILES string of the molecule is Cc1cc(Br)c(NC(=O)/C(C#N)=C/c2ccc(-c3ccc([N+](=O)[O-])cc3)o2)c(Br)c1. The number of halogens is 2. The predicted molar refractivity (Wildman–Crippen MR) is 120 cm³/mol. The standard InChI is InChI=1S/C21H13Br2N3O4/c1-12-8-17(22)20(18(23)9-12)25-21(27)14(11-24)10-16-6-7-19(30-16)13-2-4-15(5-3-13)26(28)29/h2-10H,1H3,(H,25,27)/b14-10+. The summed E-state index contributed by atoms with van der Waals surface area (Å²) in [6.45, 7) is 1.92. The number of nitrogens with one attached hydrogen (secondary N) is 1. The summed E-state index contributed by atoms with van der Waals surface area (Å²) in [6.07, 6.45) is 1.33. The van der Waals surface area contributed by atoms with Gasteiger partial charge in [-0.15, -0.1) is 0 Å². The van der Waals surface area contributed by atoms with Gasteiger partial charge in [-0.05, 0) is 80.7 Å². The van der Waals surface area contributed by atoms with Crippen LogP contribution in [-0.2, 0) is 4.79 Å². The lowest BCUT2D eigenvalue weighted by molar-refractivity contribution is -0.384. The summed E-state index contributed by atoms with van der Waals surface area (Å²) in [4.78, 5) is 22.8. The number of hydrogen-bond acceptors (Lipinski definition) is 5. The van der Waals surface area contributed by atoms with E-state index in [0.717, 1.165) is 5.56 Å². The van der Waals surface area contributed by atoms with Crippen molar-refractivity contribution in [2.45, 2.75) is 6.92 Å². The number of benzene rings is 2. The van der Waals surface area contributed by atoms with E-state index in [0.29, 0.717) is 31.7 Å². The Bertz CT molecular complexity index is 1180. The maximum Gasteiger partial charge on any atom is 0.269 e. The number of rotatable bonds is 5. The molecule has 0 aliphatic heterocycles. The highest BCUT2D eigenvalue weighted by atomic mass is 79.9. The number of nitriles is 1. The zero-order valence-electron chi connectivity index (χ0n) is 15.5. The third-order valence-electron chi connectivity index (χ3n) is 4.07. The van der Waals surface area contributed by atoms with Crippen LogP contribution in [0.2, 0.25) is 0 Å². The van der Waals surface area contributed by atoms with Crippen LogP contribution in [0.3, 0.4) is 0 Å². The summed E-state index contributed by atoms with van der Waals surface area (Å²) in [7, 11) is 0. The molecule has 2 aromatic carbocycles. The Morgan fingerprint density at radius 1 is 1.17 bits per heavy atom. The Morgan fingerprint density at radius 2 is 1.80 bits per heavy atom. The molecule has 0 aliphatic carbocycles. The first kappa shape index (κ1) is 21.5. The van der Waals surface area contributed by atoms with E-state index in [9.17, 15) is 20.2 Å². The van der Waals surface area contributed by atoms with Crippen LogP contribution in [0.4, 0.5) is 11.4 Å². The molecule has 1 aromatic heterocycles. The second-order valence-electron chi connectivity index (χ2n) is 6.23. The van der Waals surface area contributed by atoms with Crippen molar-refractivity contribution < 1.29 is 14.1 Å². The fourth-order valence-electron chi connectivity index (χ4n) is 2.62. The minimum absolute atomic E-state index is 0.0257. The Morgan fingerprint density at radius 3 is 2.37 bits per heavy atom. The van der Waals surface area contributed by atoms with Crippen LogP contribution < -0.4 is 5.32 Å². The maximum atomic E-state index is 12.6. The molecule has 1 heterocycles.